The molecule has 0 atom stereocenters. The molecule has 0 unspecified atom stereocenters. The van der Waals surface area contributed by atoms with E-state index in [0.717, 1.165) is 15.2 Å². The smallest absolute Gasteiger partial charge is 0.276 e. The van der Waals surface area contributed by atoms with Gasteiger partial charge in [0.05, 0.1) is 10.7 Å². The van der Waals surface area contributed by atoms with Crippen molar-refractivity contribution in [3.8, 4) is 5.75 Å². The minimum Gasteiger partial charge on any atom is -0.483 e. The van der Waals surface area contributed by atoms with Crippen molar-refractivity contribution in [3.63, 3.8) is 0 Å². The van der Waals surface area contributed by atoms with E-state index in [4.69, 9.17) is 9.15 Å². The average Bonchev–Trinajstić information content (AvgIpc) is 3.18. The Balaban J connectivity index is 1.50. The molecule has 3 aromatic rings. The van der Waals surface area contributed by atoms with Gasteiger partial charge in [-0.1, -0.05) is 30.3 Å². The molecule has 0 aliphatic heterocycles. The van der Waals surface area contributed by atoms with Crippen molar-refractivity contribution in [1.82, 2.24) is 10.9 Å². The van der Waals surface area contributed by atoms with Gasteiger partial charge in [-0.3, -0.25) is 20.4 Å². The Kier molecular flexibility index (Phi) is 5.70. The molecule has 2 aromatic carbocycles. The summed E-state index contributed by atoms with van der Waals surface area (Å²) in [6, 6.07) is 14.9. The van der Waals surface area contributed by atoms with E-state index in [0.29, 0.717) is 11.5 Å². The Morgan fingerprint density at radius 2 is 1.92 bits per heavy atom. The number of rotatable bonds is 5. The molecule has 26 heavy (non-hydrogen) atoms. The first-order chi connectivity index (χ1) is 12.6. The van der Waals surface area contributed by atoms with Crippen LogP contribution >= 0.6 is 15.9 Å². The number of hydrogen-bond donors (Lipinski definition) is 2. The molecule has 3 rings (SSSR count). The van der Waals surface area contributed by atoms with Gasteiger partial charge in [0.1, 0.15) is 11.5 Å². The molecule has 6 nitrogen and oxygen atoms in total. The van der Waals surface area contributed by atoms with E-state index in [1.54, 1.807) is 18.2 Å². The lowest BCUT2D eigenvalue weighted by molar-refractivity contribution is -0.128. The van der Waals surface area contributed by atoms with Crippen LogP contribution in [0.1, 0.15) is 5.76 Å². The predicted molar refractivity (Wildman–Crippen MR) is 101 cm³/mol. The molecule has 0 aliphatic carbocycles. The van der Waals surface area contributed by atoms with Gasteiger partial charge in [0.15, 0.2) is 6.61 Å². The largest absolute Gasteiger partial charge is 0.483 e. The van der Waals surface area contributed by atoms with Crippen LogP contribution in [0.2, 0.25) is 0 Å². The summed E-state index contributed by atoms with van der Waals surface area (Å²) >= 11 is 3.49. The van der Waals surface area contributed by atoms with Crippen LogP contribution in [0.3, 0.4) is 0 Å². The summed E-state index contributed by atoms with van der Waals surface area (Å²) in [5.74, 6) is 0.116. The van der Waals surface area contributed by atoms with Crippen LogP contribution in [0.15, 0.2) is 69.8 Å². The number of benzene rings is 2. The number of carbonyl (C=O) groups excluding carboxylic acids is 2. The molecule has 0 spiro atoms. The SMILES string of the molecule is O=C(C=Cc1ccco1)NNC(=O)COc1ccc2ccccc2c1Br. The standard InChI is InChI=1S/C19H15BrN2O4/c20-19-15-6-2-1-4-13(15)7-9-16(19)26-12-18(24)22-21-17(23)10-8-14-5-3-11-25-14/h1-11H,12H2,(H,21,23)(H,22,24). The van der Waals surface area contributed by atoms with E-state index < -0.39 is 11.8 Å². The molecule has 1 heterocycles. The number of carbonyl (C=O) groups is 2. The molecule has 2 N–H and O–H groups in total. The van der Waals surface area contributed by atoms with Gasteiger partial charge in [0, 0.05) is 6.08 Å². The minimum atomic E-state index is -0.485. The Hall–Kier alpha value is -3.06. The lowest BCUT2D eigenvalue weighted by Gasteiger charge is -2.10. The average molecular weight is 415 g/mol. The Morgan fingerprint density at radius 3 is 2.73 bits per heavy atom. The van der Waals surface area contributed by atoms with Crippen LogP contribution in [-0.4, -0.2) is 18.4 Å². The van der Waals surface area contributed by atoms with Gasteiger partial charge in [0.25, 0.3) is 11.8 Å². The van der Waals surface area contributed by atoms with E-state index >= 15 is 0 Å². The number of ether oxygens (including phenoxy) is 1. The molecule has 0 radical (unpaired) electrons. The summed E-state index contributed by atoms with van der Waals surface area (Å²) in [5, 5.41) is 2.05. The molecular formula is C19H15BrN2O4. The van der Waals surface area contributed by atoms with E-state index in [2.05, 4.69) is 26.8 Å². The van der Waals surface area contributed by atoms with Gasteiger partial charge in [-0.2, -0.15) is 0 Å². The van der Waals surface area contributed by atoms with Crippen LogP contribution in [0.4, 0.5) is 0 Å². The highest BCUT2D eigenvalue weighted by molar-refractivity contribution is 9.10. The summed E-state index contributed by atoms with van der Waals surface area (Å²) in [5.41, 5.74) is 4.55. The molecule has 2 amide bonds. The summed E-state index contributed by atoms with van der Waals surface area (Å²) in [7, 11) is 0. The number of hydrazine groups is 1. The number of nitrogens with one attached hydrogen (secondary N) is 2. The monoisotopic (exact) mass is 414 g/mol. The number of hydrogen-bond acceptors (Lipinski definition) is 4. The Labute approximate surface area is 157 Å². The molecule has 7 heteroatoms. The van der Waals surface area contributed by atoms with Gasteiger partial charge in [0.2, 0.25) is 0 Å². The quantitative estimate of drug-likeness (QED) is 0.494. The van der Waals surface area contributed by atoms with Gasteiger partial charge in [-0.05, 0) is 51.0 Å². The minimum absolute atomic E-state index is 0.237. The lowest BCUT2D eigenvalue weighted by atomic mass is 10.1. The van der Waals surface area contributed by atoms with E-state index in [1.807, 2.05) is 30.3 Å². The molecule has 0 fully saturated rings. The molecule has 0 saturated carbocycles. The maximum absolute atomic E-state index is 11.8. The molecule has 0 saturated heterocycles. The molecule has 1 aromatic heterocycles. The van der Waals surface area contributed by atoms with E-state index in [1.165, 1.54) is 18.4 Å². The summed E-state index contributed by atoms with van der Waals surface area (Å²) < 4.78 is 11.3. The zero-order valence-electron chi connectivity index (χ0n) is 13.6. The second-order valence-electron chi connectivity index (χ2n) is 5.27. The second-order valence-corrected chi connectivity index (χ2v) is 6.07. The predicted octanol–water partition coefficient (Wildman–Crippen LogP) is 3.43. The van der Waals surface area contributed by atoms with Crippen molar-refractivity contribution in [3.05, 3.63) is 71.1 Å². The fraction of sp³-hybridized carbons (Fsp3) is 0.0526. The first-order valence-electron chi connectivity index (χ1n) is 7.74. The first kappa shape index (κ1) is 17.8. The van der Waals surface area contributed by atoms with Gasteiger partial charge >= 0.3 is 0 Å². The maximum atomic E-state index is 11.8. The van der Waals surface area contributed by atoms with Crippen molar-refractivity contribution in [2.24, 2.45) is 0 Å². The van der Waals surface area contributed by atoms with E-state index in [9.17, 15) is 9.59 Å². The van der Waals surface area contributed by atoms with Gasteiger partial charge < -0.3 is 9.15 Å². The summed E-state index contributed by atoms with van der Waals surface area (Å²) in [6.07, 6.45) is 4.24. The zero-order valence-corrected chi connectivity index (χ0v) is 15.2. The van der Waals surface area contributed by atoms with Crippen molar-refractivity contribution in [2.45, 2.75) is 0 Å². The van der Waals surface area contributed by atoms with Crippen LogP contribution in [0.5, 0.6) is 5.75 Å². The first-order valence-corrected chi connectivity index (χ1v) is 8.53. The highest BCUT2D eigenvalue weighted by Gasteiger charge is 2.09. The van der Waals surface area contributed by atoms with Crippen molar-refractivity contribution < 1.29 is 18.7 Å². The topological polar surface area (TPSA) is 80.6 Å². The number of halogens is 1. The summed E-state index contributed by atoms with van der Waals surface area (Å²) in [4.78, 5) is 23.4. The van der Waals surface area contributed by atoms with Crippen LogP contribution in [-0.2, 0) is 9.59 Å². The normalized spacial score (nSPS) is 10.8. The lowest BCUT2D eigenvalue weighted by Crippen LogP contribution is -2.43. The number of amides is 2. The Bertz CT molecular complexity index is 951. The van der Waals surface area contributed by atoms with Crippen molar-refractivity contribution >= 4 is 44.6 Å². The fourth-order valence-electron chi connectivity index (χ4n) is 2.22. The van der Waals surface area contributed by atoms with E-state index in [-0.39, 0.29) is 6.61 Å². The van der Waals surface area contributed by atoms with Crippen molar-refractivity contribution in [1.29, 1.82) is 0 Å². The molecule has 0 aliphatic rings. The fourth-order valence-corrected chi connectivity index (χ4v) is 2.83. The summed E-state index contributed by atoms with van der Waals surface area (Å²) in [6.45, 7) is -0.237. The molecular weight excluding hydrogens is 400 g/mol. The number of furan rings is 1. The second kappa shape index (κ2) is 8.35. The third kappa shape index (κ3) is 4.52. The zero-order chi connectivity index (χ0) is 18.4. The third-order valence-corrected chi connectivity index (χ3v) is 4.27. The Morgan fingerprint density at radius 1 is 1.08 bits per heavy atom. The van der Waals surface area contributed by atoms with Crippen molar-refractivity contribution in [2.75, 3.05) is 6.61 Å². The van der Waals surface area contributed by atoms with Crippen LogP contribution in [0.25, 0.3) is 16.8 Å². The van der Waals surface area contributed by atoms with Crippen LogP contribution < -0.4 is 15.6 Å². The third-order valence-electron chi connectivity index (χ3n) is 3.45. The highest BCUT2D eigenvalue weighted by Crippen LogP contribution is 2.32. The number of fused-ring (bicyclic) bond motifs is 1. The highest BCUT2D eigenvalue weighted by atomic mass is 79.9. The van der Waals surface area contributed by atoms with Gasteiger partial charge in [-0.15, -0.1) is 0 Å². The van der Waals surface area contributed by atoms with Crippen LogP contribution in [0, 0.1) is 0 Å². The van der Waals surface area contributed by atoms with Gasteiger partial charge in [-0.25, -0.2) is 0 Å². The molecule has 132 valence electrons. The molecule has 0 bridgehead atoms. The maximum Gasteiger partial charge on any atom is 0.276 e.